The average Bonchev–Trinajstić information content (AvgIpc) is 2.85. The van der Waals surface area contributed by atoms with Crippen LogP contribution in [0.5, 0.6) is 5.75 Å². The lowest BCUT2D eigenvalue weighted by atomic mass is 10.1. The maximum absolute atomic E-state index is 10.7. The predicted octanol–water partition coefficient (Wildman–Crippen LogP) is 3.49. The first-order valence-corrected chi connectivity index (χ1v) is 11.1. The second-order valence-electron chi connectivity index (χ2n) is 8.11. The Hall–Kier alpha value is -3.49. The molecule has 1 aromatic heterocycles. The summed E-state index contributed by atoms with van der Waals surface area (Å²) < 4.78 is 5.20. The number of methoxy groups -OCH3 is 1. The number of anilines is 2. The quantitative estimate of drug-likeness (QED) is 0.515. The molecule has 8 nitrogen and oxygen atoms in total. The number of ether oxygens (including phenoxy) is 1. The molecular formula is C25H29N5O3. The summed E-state index contributed by atoms with van der Waals surface area (Å²) in [4.78, 5) is 24.2. The van der Waals surface area contributed by atoms with Gasteiger partial charge >= 0.3 is 5.97 Å². The Morgan fingerprint density at radius 2 is 1.58 bits per heavy atom. The zero-order valence-electron chi connectivity index (χ0n) is 18.8. The van der Waals surface area contributed by atoms with Crippen LogP contribution in [-0.4, -0.2) is 70.7 Å². The summed E-state index contributed by atoms with van der Waals surface area (Å²) in [5, 5.41) is 12.1. The number of carboxylic acids is 1. The monoisotopic (exact) mass is 447 g/mol. The van der Waals surface area contributed by atoms with Crippen LogP contribution >= 0.6 is 0 Å². The van der Waals surface area contributed by atoms with Crippen molar-refractivity contribution < 1.29 is 14.6 Å². The first-order chi connectivity index (χ1) is 16.1. The molecule has 1 aliphatic rings. The first-order valence-electron chi connectivity index (χ1n) is 11.1. The van der Waals surface area contributed by atoms with Crippen LogP contribution in [-0.2, 0) is 11.3 Å². The molecule has 0 aliphatic carbocycles. The number of nitrogens with one attached hydrogen (secondary N) is 1. The van der Waals surface area contributed by atoms with Gasteiger partial charge in [0.15, 0.2) is 0 Å². The third kappa shape index (κ3) is 6.50. The van der Waals surface area contributed by atoms with Gasteiger partial charge in [-0.1, -0.05) is 24.3 Å². The van der Waals surface area contributed by atoms with Crippen molar-refractivity contribution in [1.82, 2.24) is 19.8 Å². The summed E-state index contributed by atoms with van der Waals surface area (Å²) in [6.07, 6.45) is 3.83. The number of benzene rings is 2. The van der Waals surface area contributed by atoms with Gasteiger partial charge in [-0.05, 0) is 35.4 Å². The minimum absolute atomic E-state index is 0.211. The van der Waals surface area contributed by atoms with Crippen LogP contribution in [0.25, 0.3) is 11.1 Å². The van der Waals surface area contributed by atoms with E-state index in [0.717, 1.165) is 55.3 Å². The van der Waals surface area contributed by atoms with Crippen molar-refractivity contribution >= 4 is 17.6 Å². The summed E-state index contributed by atoms with van der Waals surface area (Å²) in [7, 11) is 1.65. The van der Waals surface area contributed by atoms with Crippen LogP contribution in [0.1, 0.15) is 12.0 Å². The van der Waals surface area contributed by atoms with E-state index in [4.69, 9.17) is 9.84 Å². The van der Waals surface area contributed by atoms with Gasteiger partial charge in [0.05, 0.1) is 13.5 Å². The van der Waals surface area contributed by atoms with Crippen LogP contribution in [0.2, 0.25) is 0 Å². The Balaban J connectivity index is 1.27. The van der Waals surface area contributed by atoms with Crippen molar-refractivity contribution in [3.63, 3.8) is 0 Å². The molecule has 33 heavy (non-hydrogen) atoms. The molecule has 2 heterocycles. The SMILES string of the molecule is COc1ccc(-c2cnc(Nc3ccc(CN4CCN(CCC(=O)O)CC4)cc3)nc2)cc1. The highest BCUT2D eigenvalue weighted by Crippen LogP contribution is 2.22. The summed E-state index contributed by atoms with van der Waals surface area (Å²) in [5.74, 6) is 0.640. The molecule has 0 radical (unpaired) electrons. The molecule has 1 fully saturated rings. The largest absolute Gasteiger partial charge is 0.497 e. The first kappa shape index (κ1) is 22.7. The van der Waals surface area contributed by atoms with E-state index in [1.165, 1.54) is 5.56 Å². The lowest BCUT2D eigenvalue weighted by molar-refractivity contribution is -0.137. The molecule has 1 saturated heterocycles. The van der Waals surface area contributed by atoms with Crippen LogP contribution in [0.4, 0.5) is 11.6 Å². The zero-order chi connectivity index (χ0) is 23.0. The van der Waals surface area contributed by atoms with Gasteiger partial charge in [-0.2, -0.15) is 0 Å². The Labute approximate surface area is 193 Å². The fourth-order valence-electron chi connectivity index (χ4n) is 3.83. The number of aromatic nitrogens is 2. The summed E-state index contributed by atoms with van der Waals surface area (Å²) in [6.45, 7) is 5.25. The molecular weight excluding hydrogens is 418 g/mol. The Morgan fingerprint density at radius 3 is 2.18 bits per heavy atom. The number of carboxylic acid groups (broad SMARTS) is 1. The van der Waals surface area contributed by atoms with Gasteiger partial charge in [0.25, 0.3) is 0 Å². The van der Waals surface area contributed by atoms with Crippen molar-refractivity contribution in [3.8, 4) is 16.9 Å². The highest BCUT2D eigenvalue weighted by molar-refractivity contribution is 5.67. The van der Waals surface area contributed by atoms with E-state index >= 15 is 0 Å². The van der Waals surface area contributed by atoms with Crippen LogP contribution in [0.3, 0.4) is 0 Å². The standard InChI is InChI=1S/C25H29N5O3/c1-33-23-8-4-20(5-9-23)21-16-26-25(27-17-21)28-22-6-2-19(3-7-22)18-30-14-12-29(13-15-30)11-10-24(31)32/h2-9,16-17H,10-15,18H2,1H3,(H,31,32)(H,26,27,28). The molecule has 172 valence electrons. The molecule has 4 rings (SSSR count). The van der Waals surface area contributed by atoms with Crippen molar-refractivity contribution in [2.24, 2.45) is 0 Å². The maximum atomic E-state index is 10.7. The van der Waals surface area contributed by atoms with Crippen molar-refractivity contribution in [3.05, 3.63) is 66.5 Å². The fraction of sp³-hybridized carbons (Fsp3) is 0.320. The maximum Gasteiger partial charge on any atom is 0.304 e. The number of carbonyl (C=O) groups is 1. The second-order valence-corrected chi connectivity index (χ2v) is 8.11. The molecule has 1 aliphatic heterocycles. The zero-order valence-corrected chi connectivity index (χ0v) is 18.8. The molecule has 2 N–H and O–H groups in total. The lowest BCUT2D eigenvalue weighted by Gasteiger charge is -2.34. The van der Waals surface area contributed by atoms with Gasteiger partial charge in [-0.3, -0.25) is 9.69 Å². The Morgan fingerprint density at radius 1 is 0.939 bits per heavy atom. The fourth-order valence-corrected chi connectivity index (χ4v) is 3.83. The molecule has 2 aromatic carbocycles. The van der Waals surface area contributed by atoms with Gasteiger partial charge in [-0.15, -0.1) is 0 Å². The van der Waals surface area contributed by atoms with Gasteiger partial charge in [-0.25, -0.2) is 9.97 Å². The molecule has 3 aromatic rings. The minimum Gasteiger partial charge on any atom is -0.497 e. The van der Waals surface area contributed by atoms with Crippen molar-refractivity contribution in [1.29, 1.82) is 0 Å². The molecule has 0 saturated carbocycles. The van der Waals surface area contributed by atoms with Gasteiger partial charge in [0, 0.05) is 62.9 Å². The van der Waals surface area contributed by atoms with Crippen molar-refractivity contribution in [2.75, 3.05) is 45.2 Å². The van der Waals surface area contributed by atoms with E-state index in [-0.39, 0.29) is 6.42 Å². The number of nitrogens with zero attached hydrogens (tertiary/aromatic N) is 4. The lowest BCUT2D eigenvalue weighted by Crippen LogP contribution is -2.46. The van der Waals surface area contributed by atoms with E-state index < -0.39 is 5.97 Å². The summed E-state index contributed by atoms with van der Waals surface area (Å²) in [6, 6.07) is 16.1. The van der Waals surface area contributed by atoms with Crippen LogP contribution in [0.15, 0.2) is 60.9 Å². The summed E-state index contributed by atoms with van der Waals surface area (Å²) in [5.41, 5.74) is 4.17. The number of piperazine rings is 1. The molecule has 0 spiro atoms. The van der Waals surface area contributed by atoms with E-state index in [9.17, 15) is 4.79 Å². The highest BCUT2D eigenvalue weighted by atomic mass is 16.5. The molecule has 0 bridgehead atoms. The predicted molar refractivity (Wildman–Crippen MR) is 128 cm³/mol. The smallest absolute Gasteiger partial charge is 0.304 e. The number of hydrogen-bond donors (Lipinski definition) is 2. The average molecular weight is 448 g/mol. The molecule has 0 amide bonds. The van der Waals surface area contributed by atoms with Crippen molar-refractivity contribution in [2.45, 2.75) is 13.0 Å². The highest BCUT2D eigenvalue weighted by Gasteiger charge is 2.17. The van der Waals surface area contributed by atoms with E-state index in [1.807, 2.05) is 48.8 Å². The van der Waals surface area contributed by atoms with Gasteiger partial charge in [0.1, 0.15) is 5.75 Å². The Bertz CT molecular complexity index is 1030. The topological polar surface area (TPSA) is 90.8 Å². The minimum atomic E-state index is -0.732. The van der Waals surface area contributed by atoms with Crippen LogP contribution in [0, 0.1) is 0 Å². The van der Waals surface area contributed by atoms with E-state index in [0.29, 0.717) is 12.5 Å². The van der Waals surface area contributed by atoms with Gasteiger partial charge < -0.3 is 20.1 Å². The molecule has 0 atom stereocenters. The van der Waals surface area contributed by atoms with Crippen LogP contribution < -0.4 is 10.1 Å². The number of rotatable bonds is 9. The molecule has 0 unspecified atom stereocenters. The second kappa shape index (κ2) is 10.9. The molecule has 8 heteroatoms. The van der Waals surface area contributed by atoms with Gasteiger partial charge in [0.2, 0.25) is 5.95 Å². The number of aliphatic carboxylic acids is 1. The van der Waals surface area contributed by atoms with E-state index in [1.54, 1.807) is 7.11 Å². The third-order valence-electron chi connectivity index (χ3n) is 5.80. The Kier molecular flexibility index (Phi) is 7.49. The van der Waals surface area contributed by atoms with E-state index in [2.05, 4.69) is 37.2 Å². The third-order valence-corrected chi connectivity index (χ3v) is 5.80. The summed E-state index contributed by atoms with van der Waals surface area (Å²) >= 11 is 0. The normalized spacial score (nSPS) is 14.7. The number of hydrogen-bond acceptors (Lipinski definition) is 7.